The predicted molar refractivity (Wildman–Crippen MR) is 82.6 cm³/mol. The highest BCUT2D eigenvalue weighted by atomic mass is 16.5. The first kappa shape index (κ1) is 14.9. The molecule has 21 heavy (non-hydrogen) atoms. The van der Waals surface area contributed by atoms with Gasteiger partial charge in [-0.25, -0.2) is 0 Å². The summed E-state index contributed by atoms with van der Waals surface area (Å²) in [4.78, 5) is 11.9. The molecule has 0 unspecified atom stereocenters. The van der Waals surface area contributed by atoms with Crippen LogP contribution >= 0.6 is 0 Å². The van der Waals surface area contributed by atoms with Crippen molar-refractivity contribution in [2.75, 3.05) is 5.32 Å². The Balaban J connectivity index is 1.93. The zero-order chi connectivity index (χ0) is 15.2. The molecular formula is C17H19NO3. The van der Waals surface area contributed by atoms with E-state index in [9.17, 15) is 9.90 Å². The van der Waals surface area contributed by atoms with E-state index in [4.69, 9.17) is 4.74 Å². The van der Waals surface area contributed by atoms with Crippen LogP contribution in [0, 0.1) is 0 Å². The average molecular weight is 285 g/mol. The first-order chi connectivity index (χ1) is 10.0. The molecule has 2 aromatic rings. The summed E-state index contributed by atoms with van der Waals surface area (Å²) in [5.74, 6) is 0.810. The smallest absolute Gasteiger partial charge is 0.228 e. The van der Waals surface area contributed by atoms with E-state index in [-0.39, 0.29) is 24.2 Å². The average Bonchev–Trinajstić information content (AvgIpc) is 2.40. The van der Waals surface area contributed by atoms with E-state index >= 15 is 0 Å². The van der Waals surface area contributed by atoms with Crippen LogP contribution in [0.25, 0.3) is 0 Å². The van der Waals surface area contributed by atoms with E-state index in [1.165, 1.54) is 0 Å². The number of anilines is 1. The van der Waals surface area contributed by atoms with Crippen LogP contribution in [0.3, 0.4) is 0 Å². The molecule has 0 saturated heterocycles. The number of benzene rings is 2. The van der Waals surface area contributed by atoms with Crippen LogP contribution in [-0.2, 0) is 11.2 Å². The van der Waals surface area contributed by atoms with Crippen molar-refractivity contribution in [2.45, 2.75) is 26.4 Å². The van der Waals surface area contributed by atoms with Crippen LogP contribution in [0.1, 0.15) is 19.4 Å². The lowest BCUT2D eigenvalue weighted by atomic mass is 10.1. The molecule has 0 bridgehead atoms. The minimum Gasteiger partial charge on any atom is -0.508 e. The first-order valence-corrected chi connectivity index (χ1v) is 6.87. The number of phenols is 1. The molecule has 0 atom stereocenters. The molecule has 0 heterocycles. The number of hydrogen-bond acceptors (Lipinski definition) is 3. The summed E-state index contributed by atoms with van der Waals surface area (Å²) < 4.78 is 5.54. The van der Waals surface area contributed by atoms with Gasteiger partial charge in [0.25, 0.3) is 0 Å². The largest absolute Gasteiger partial charge is 0.508 e. The second kappa shape index (κ2) is 6.79. The van der Waals surface area contributed by atoms with E-state index in [0.717, 1.165) is 17.0 Å². The van der Waals surface area contributed by atoms with Gasteiger partial charge in [0.1, 0.15) is 11.5 Å². The summed E-state index contributed by atoms with van der Waals surface area (Å²) in [7, 11) is 0. The number of rotatable bonds is 5. The summed E-state index contributed by atoms with van der Waals surface area (Å²) in [6, 6.07) is 13.9. The molecule has 0 aliphatic rings. The van der Waals surface area contributed by atoms with Crippen molar-refractivity contribution >= 4 is 11.6 Å². The van der Waals surface area contributed by atoms with Crippen LogP contribution in [-0.4, -0.2) is 17.1 Å². The Morgan fingerprint density at radius 3 is 2.52 bits per heavy atom. The summed E-state index contributed by atoms with van der Waals surface area (Å²) in [6.45, 7) is 3.93. The quantitative estimate of drug-likeness (QED) is 0.885. The highest BCUT2D eigenvalue weighted by molar-refractivity contribution is 5.92. The van der Waals surface area contributed by atoms with Gasteiger partial charge in [-0.2, -0.15) is 0 Å². The van der Waals surface area contributed by atoms with Gasteiger partial charge in [-0.3, -0.25) is 4.79 Å². The van der Waals surface area contributed by atoms with E-state index in [1.54, 1.807) is 36.4 Å². The number of hydrogen-bond donors (Lipinski definition) is 2. The normalized spacial score (nSPS) is 10.4. The number of nitrogens with one attached hydrogen (secondary N) is 1. The zero-order valence-corrected chi connectivity index (χ0v) is 12.2. The Bertz CT molecular complexity index is 606. The van der Waals surface area contributed by atoms with Gasteiger partial charge in [0.2, 0.25) is 5.91 Å². The maximum Gasteiger partial charge on any atom is 0.228 e. The maximum atomic E-state index is 11.9. The molecule has 1 amide bonds. The monoisotopic (exact) mass is 285 g/mol. The Morgan fingerprint density at radius 2 is 1.90 bits per heavy atom. The molecule has 2 N–H and O–H groups in total. The predicted octanol–water partition coefficient (Wildman–Crippen LogP) is 3.36. The number of carbonyl (C=O) groups excluding carboxylic acids is 1. The van der Waals surface area contributed by atoms with Crippen molar-refractivity contribution in [2.24, 2.45) is 0 Å². The fraction of sp³-hybridized carbons (Fsp3) is 0.235. The molecule has 2 rings (SSSR count). The van der Waals surface area contributed by atoms with Gasteiger partial charge in [-0.05, 0) is 55.8 Å². The van der Waals surface area contributed by atoms with E-state index in [1.807, 2.05) is 26.0 Å². The number of ether oxygens (including phenoxy) is 1. The van der Waals surface area contributed by atoms with Gasteiger partial charge in [0.15, 0.2) is 0 Å². The topological polar surface area (TPSA) is 58.6 Å². The van der Waals surface area contributed by atoms with Gasteiger partial charge in [0, 0.05) is 5.69 Å². The summed E-state index contributed by atoms with van der Waals surface area (Å²) in [5.41, 5.74) is 1.49. The van der Waals surface area contributed by atoms with E-state index < -0.39 is 0 Å². The van der Waals surface area contributed by atoms with E-state index in [2.05, 4.69) is 5.32 Å². The molecule has 4 nitrogen and oxygen atoms in total. The van der Waals surface area contributed by atoms with Crippen molar-refractivity contribution in [1.82, 2.24) is 0 Å². The third kappa shape index (κ3) is 4.84. The highest BCUT2D eigenvalue weighted by Gasteiger charge is 2.05. The summed E-state index contributed by atoms with van der Waals surface area (Å²) in [6.07, 6.45) is 0.342. The molecule has 0 aromatic heterocycles. The van der Waals surface area contributed by atoms with Gasteiger partial charge in [-0.1, -0.05) is 12.1 Å². The molecule has 0 aliphatic heterocycles. The third-order valence-electron chi connectivity index (χ3n) is 2.79. The molecule has 110 valence electrons. The Hall–Kier alpha value is -2.49. The highest BCUT2D eigenvalue weighted by Crippen LogP contribution is 2.17. The lowest BCUT2D eigenvalue weighted by molar-refractivity contribution is -0.115. The Kier molecular flexibility index (Phi) is 4.82. The van der Waals surface area contributed by atoms with Crippen LogP contribution in [0.2, 0.25) is 0 Å². The molecule has 0 radical (unpaired) electrons. The zero-order valence-electron chi connectivity index (χ0n) is 12.2. The van der Waals surface area contributed by atoms with E-state index in [0.29, 0.717) is 0 Å². The van der Waals surface area contributed by atoms with Crippen molar-refractivity contribution in [3.8, 4) is 11.5 Å². The molecule has 0 spiro atoms. The van der Waals surface area contributed by atoms with Crippen LogP contribution in [0.5, 0.6) is 11.5 Å². The number of amides is 1. The number of phenolic OH excluding ortho intramolecular Hbond substituents is 1. The molecule has 0 saturated carbocycles. The van der Waals surface area contributed by atoms with Crippen LogP contribution in [0.15, 0.2) is 48.5 Å². The van der Waals surface area contributed by atoms with Crippen molar-refractivity contribution in [1.29, 1.82) is 0 Å². The third-order valence-corrected chi connectivity index (χ3v) is 2.79. The lowest BCUT2D eigenvalue weighted by Crippen LogP contribution is -2.14. The molecule has 4 heteroatoms. The second-order valence-corrected chi connectivity index (χ2v) is 5.09. The maximum absolute atomic E-state index is 11.9. The SMILES string of the molecule is CC(C)Oc1ccc(NC(=O)Cc2cccc(O)c2)cc1. The number of aromatic hydroxyl groups is 1. The Morgan fingerprint density at radius 1 is 1.19 bits per heavy atom. The van der Waals surface area contributed by atoms with Crippen LogP contribution in [0.4, 0.5) is 5.69 Å². The van der Waals surface area contributed by atoms with Gasteiger partial charge >= 0.3 is 0 Å². The molecule has 2 aromatic carbocycles. The minimum atomic E-state index is -0.127. The lowest BCUT2D eigenvalue weighted by Gasteiger charge is -2.10. The minimum absolute atomic E-state index is 0.121. The number of carbonyl (C=O) groups is 1. The molecule has 0 fully saturated rings. The van der Waals surface area contributed by atoms with Gasteiger partial charge < -0.3 is 15.2 Å². The molecular weight excluding hydrogens is 266 g/mol. The van der Waals surface area contributed by atoms with Crippen molar-refractivity contribution < 1.29 is 14.6 Å². The van der Waals surface area contributed by atoms with Crippen molar-refractivity contribution in [3.05, 3.63) is 54.1 Å². The summed E-state index contributed by atoms with van der Waals surface area (Å²) >= 11 is 0. The standard InChI is InChI=1S/C17H19NO3/c1-12(2)21-16-8-6-14(7-9-16)18-17(20)11-13-4-3-5-15(19)10-13/h3-10,12,19H,11H2,1-2H3,(H,18,20). The van der Waals surface area contributed by atoms with Gasteiger partial charge in [-0.15, -0.1) is 0 Å². The first-order valence-electron chi connectivity index (χ1n) is 6.87. The second-order valence-electron chi connectivity index (χ2n) is 5.09. The fourth-order valence-corrected chi connectivity index (χ4v) is 1.95. The summed E-state index contributed by atoms with van der Waals surface area (Å²) in [5, 5.41) is 12.2. The molecule has 0 aliphatic carbocycles. The van der Waals surface area contributed by atoms with Crippen molar-refractivity contribution in [3.63, 3.8) is 0 Å². The fourth-order valence-electron chi connectivity index (χ4n) is 1.95. The van der Waals surface area contributed by atoms with Crippen LogP contribution < -0.4 is 10.1 Å². The van der Waals surface area contributed by atoms with Gasteiger partial charge in [0.05, 0.1) is 12.5 Å². The Labute approximate surface area is 124 Å².